The van der Waals surface area contributed by atoms with Crippen molar-refractivity contribution in [1.29, 1.82) is 0 Å². The molecule has 0 unspecified atom stereocenters. The Hall–Kier alpha value is -2.96. The van der Waals surface area contributed by atoms with Crippen LogP contribution >= 0.6 is 0 Å². The van der Waals surface area contributed by atoms with Crippen LogP contribution in [-0.2, 0) is 11.3 Å². The molecule has 0 radical (unpaired) electrons. The van der Waals surface area contributed by atoms with Crippen LogP contribution in [0.5, 0.6) is 0 Å². The average molecular weight is 374 g/mol. The van der Waals surface area contributed by atoms with E-state index < -0.39 is 0 Å². The van der Waals surface area contributed by atoms with Crippen LogP contribution < -0.4 is 0 Å². The summed E-state index contributed by atoms with van der Waals surface area (Å²) in [6.45, 7) is 5.20. The third kappa shape index (κ3) is 3.32. The number of hydrogen-bond acceptors (Lipinski definition) is 5. The number of morpholine rings is 1. The molecule has 0 aliphatic carbocycles. The molecule has 1 aliphatic heterocycles. The molecular weight excluding hydrogens is 352 g/mol. The SMILES string of the molecule is Cc1ccc(-c2ccc3c([C@@H]4CN(Cc5ccco5)CCO4)nnn3c2)cc1. The van der Waals surface area contributed by atoms with Crippen molar-refractivity contribution >= 4 is 5.52 Å². The minimum absolute atomic E-state index is 0.0913. The highest BCUT2D eigenvalue weighted by atomic mass is 16.5. The predicted octanol–water partition coefficient (Wildman–Crippen LogP) is 3.87. The third-order valence-corrected chi connectivity index (χ3v) is 5.24. The summed E-state index contributed by atoms with van der Waals surface area (Å²) < 4.78 is 13.3. The van der Waals surface area contributed by atoms with Gasteiger partial charge < -0.3 is 9.15 Å². The largest absolute Gasteiger partial charge is 0.468 e. The zero-order valence-electron chi connectivity index (χ0n) is 15.8. The summed E-state index contributed by atoms with van der Waals surface area (Å²) >= 11 is 0. The number of rotatable bonds is 4. The first-order valence-electron chi connectivity index (χ1n) is 9.54. The minimum Gasteiger partial charge on any atom is -0.468 e. The second-order valence-electron chi connectivity index (χ2n) is 7.26. The number of aromatic nitrogens is 3. The minimum atomic E-state index is -0.0913. The van der Waals surface area contributed by atoms with E-state index in [0.29, 0.717) is 6.61 Å². The van der Waals surface area contributed by atoms with E-state index in [1.54, 1.807) is 6.26 Å². The molecule has 1 fully saturated rings. The summed E-state index contributed by atoms with van der Waals surface area (Å²) in [6, 6.07) is 16.6. The summed E-state index contributed by atoms with van der Waals surface area (Å²) in [5, 5.41) is 8.79. The molecule has 1 atom stereocenters. The normalized spacial score (nSPS) is 18.0. The van der Waals surface area contributed by atoms with Crippen LogP contribution in [0.25, 0.3) is 16.6 Å². The van der Waals surface area contributed by atoms with Gasteiger partial charge in [0.1, 0.15) is 17.6 Å². The average Bonchev–Trinajstić information content (AvgIpc) is 3.38. The van der Waals surface area contributed by atoms with Crippen LogP contribution in [0.15, 0.2) is 65.4 Å². The lowest BCUT2D eigenvalue weighted by Crippen LogP contribution is -2.37. The fourth-order valence-corrected chi connectivity index (χ4v) is 3.69. The maximum atomic E-state index is 6.02. The van der Waals surface area contributed by atoms with Gasteiger partial charge in [-0.3, -0.25) is 4.90 Å². The molecule has 0 N–H and O–H groups in total. The van der Waals surface area contributed by atoms with Crippen molar-refractivity contribution in [2.45, 2.75) is 19.6 Å². The highest BCUT2D eigenvalue weighted by Crippen LogP contribution is 2.27. The van der Waals surface area contributed by atoms with E-state index in [-0.39, 0.29) is 6.10 Å². The molecular formula is C22H22N4O2. The van der Waals surface area contributed by atoms with Crippen molar-refractivity contribution in [1.82, 2.24) is 19.7 Å². The Bertz CT molecular complexity index is 1070. The Morgan fingerprint density at radius 2 is 1.93 bits per heavy atom. The summed E-state index contributed by atoms with van der Waals surface area (Å²) in [5.41, 5.74) is 5.41. The van der Waals surface area contributed by atoms with E-state index in [1.165, 1.54) is 11.1 Å². The fraction of sp³-hybridized carbons (Fsp3) is 0.273. The highest BCUT2D eigenvalue weighted by Gasteiger charge is 2.26. The van der Waals surface area contributed by atoms with Crippen LogP contribution in [0.1, 0.15) is 23.1 Å². The number of fused-ring (bicyclic) bond motifs is 1. The van der Waals surface area contributed by atoms with Gasteiger partial charge in [0.15, 0.2) is 0 Å². The second kappa shape index (κ2) is 7.22. The Labute approximate surface area is 163 Å². The van der Waals surface area contributed by atoms with Crippen LogP contribution in [0, 0.1) is 6.92 Å². The number of furan rings is 1. The van der Waals surface area contributed by atoms with Gasteiger partial charge in [-0.25, -0.2) is 4.52 Å². The molecule has 6 nitrogen and oxygen atoms in total. The van der Waals surface area contributed by atoms with Gasteiger partial charge in [-0.1, -0.05) is 41.1 Å². The zero-order chi connectivity index (χ0) is 18.9. The zero-order valence-corrected chi connectivity index (χ0v) is 15.8. The van der Waals surface area contributed by atoms with E-state index >= 15 is 0 Å². The first-order chi connectivity index (χ1) is 13.8. The molecule has 3 aromatic heterocycles. The number of aryl methyl sites for hydroxylation is 1. The molecule has 5 rings (SSSR count). The standard InChI is InChI=1S/C22H22N4O2/c1-16-4-6-17(7-5-16)18-8-9-20-22(23-24-26(20)13-18)21-15-25(10-12-28-21)14-19-3-2-11-27-19/h2-9,11,13,21H,10,12,14-15H2,1H3/t21-/m0/s1. The van der Waals surface area contributed by atoms with Gasteiger partial charge in [0.25, 0.3) is 0 Å². The lowest BCUT2D eigenvalue weighted by molar-refractivity contribution is -0.0360. The van der Waals surface area contributed by atoms with Crippen molar-refractivity contribution in [3.8, 4) is 11.1 Å². The van der Waals surface area contributed by atoms with E-state index in [9.17, 15) is 0 Å². The van der Waals surface area contributed by atoms with Crippen LogP contribution in [0.4, 0.5) is 0 Å². The first-order valence-corrected chi connectivity index (χ1v) is 9.54. The second-order valence-corrected chi connectivity index (χ2v) is 7.26. The Kier molecular flexibility index (Phi) is 4.43. The van der Waals surface area contributed by atoms with Gasteiger partial charge in [-0.2, -0.15) is 0 Å². The van der Waals surface area contributed by atoms with Gasteiger partial charge in [0.2, 0.25) is 0 Å². The van der Waals surface area contributed by atoms with Gasteiger partial charge in [-0.15, -0.1) is 5.10 Å². The van der Waals surface area contributed by atoms with Crippen molar-refractivity contribution in [2.24, 2.45) is 0 Å². The quantitative estimate of drug-likeness (QED) is 0.543. The van der Waals surface area contributed by atoms with Crippen molar-refractivity contribution in [3.05, 3.63) is 78.0 Å². The fourth-order valence-electron chi connectivity index (χ4n) is 3.69. The van der Waals surface area contributed by atoms with Gasteiger partial charge in [0.05, 0.1) is 24.9 Å². The lowest BCUT2D eigenvalue weighted by atomic mass is 10.1. The number of pyridine rings is 1. The Balaban J connectivity index is 1.39. The Morgan fingerprint density at radius 3 is 2.75 bits per heavy atom. The van der Waals surface area contributed by atoms with Crippen molar-refractivity contribution < 1.29 is 9.15 Å². The third-order valence-electron chi connectivity index (χ3n) is 5.24. The molecule has 0 saturated carbocycles. The topological polar surface area (TPSA) is 55.8 Å². The summed E-state index contributed by atoms with van der Waals surface area (Å²) in [4.78, 5) is 2.33. The number of ether oxygens (including phenoxy) is 1. The van der Waals surface area contributed by atoms with Crippen molar-refractivity contribution in [3.63, 3.8) is 0 Å². The maximum Gasteiger partial charge on any atom is 0.121 e. The first kappa shape index (κ1) is 17.2. The van der Waals surface area contributed by atoms with Gasteiger partial charge >= 0.3 is 0 Å². The van der Waals surface area contributed by atoms with Crippen LogP contribution in [0.3, 0.4) is 0 Å². The summed E-state index contributed by atoms with van der Waals surface area (Å²) in [7, 11) is 0. The molecule has 28 heavy (non-hydrogen) atoms. The van der Waals surface area contributed by atoms with E-state index in [1.807, 2.05) is 22.8 Å². The molecule has 1 saturated heterocycles. The van der Waals surface area contributed by atoms with E-state index in [2.05, 4.69) is 58.5 Å². The highest BCUT2D eigenvalue weighted by molar-refractivity contribution is 5.66. The van der Waals surface area contributed by atoms with E-state index in [0.717, 1.165) is 42.2 Å². The predicted molar refractivity (Wildman–Crippen MR) is 106 cm³/mol. The maximum absolute atomic E-state index is 6.02. The molecule has 0 amide bonds. The molecule has 6 heteroatoms. The monoisotopic (exact) mass is 374 g/mol. The van der Waals surface area contributed by atoms with E-state index in [4.69, 9.17) is 9.15 Å². The van der Waals surface area contributed by atoms with Gasteiger partial charge in [-0.05, 0) is 30.7 Å². The summed E-state index contributed by atoms with van der Waals surface area (Å²) in [6.07, 6.45) is 3.65. The molecule has 0 bridgehead atoms. The van der Waals surface area contributed by atoms with Crippen LogP contribution in [-0.4, -0.2) is 39.4 Å². The number of hydrogen-bond donors (Lipinski definition) is 0. The molecule has 1 aliphatic rings. The number of nitrogens with zero attached hydrogens (tertiary/aromatic N) is 4. The van der Waals surface area contributed by atoms with Gasteiger partial charge in [0, 0.05) is 24.8 Å². The molecule has 0 spiro atoms. The Morgan fingerprint density at radius 1 is 1.07 bits per heavy atom. The molecule has 142 valence electrons. The molecule has 4 heterocycles. The molecule has 1 aromatic carbocycles. The molecule has 4 aromatic rings. The van der Waals surface area contributed by atoms with Crippen molar-refractivity contribution in [2.75, 3.05) is 19.7 Å². The smallest absolute Gasteiger partial charge is 0.121 e. The summed E-state index contributed by atoms with van der Waals surface area (Å²) in [5.74, 6) is 0.969. The van der Waals surface area contributed by atoms with Crippen LogP contribution in [0.2, 0.25) is 0 Å². The number of benzene rings is 1. The lowest BCUT2D eigenvalue weighted by Gasteiger charge is -2.31.